The van der Waals surface area contributed by atoms with Crippen molar-refractivity contribution in [1.82, 2.24) is 9.88 Å². The van der Waals surface area contributed by atoms with Crippen LogP contribution in [0.1, 0.15) is 23.3 Å². The lowest BCUT2D eigenvalue weighted by Gasteiger charge is -2.13. The van der Waals surface area contributed by atoms with Gasteiger partial charge in [0.15, 0.2) is 5.75 Å². The van der Waals surface area contributed by atoms with E-state index in [9.17, 15) is 13.2 Å². The van der Waals surface area contributed by atoms with Crippen LogP contribution < -0.4 is 9.88 Å². The SMILES string of the molecule is CN(C)C(=O)c1cc(S(N)(=O)=O)c(OC2CC2)cn1. The Hall–Kier alpha value is -1.67. The highest BCUT2D eigenvalue weighted by molar-refractivity contribution is 7.89. The molecule has 2 rings (SSSR count). The Kier molecular flexibility index (Phi) is 3.46. The van der Waals surface area contributed by atoms with Gasteiger partial charge < -0.3 is 9.64 Å². The normalized spacial score (nSPS) is 15.1. The zero-order chi connectivity index (χ0) is 14.2. The monoisotopic (exact) mass is 285 g/mol. The molecule has 7 nitrogen and oxygen atoms in total. The molecule has 1 fully saturated rings. The molecule has 0 unspecified atom stereocenters. The maximum Gasteiger partial charge on any atom is 0.271 e. The van der Waals surface area contributed by atoms with Crippen LogP contribution in [0.5, 0.6) is 5.75 Å². The van der Waals surface area contributed by atoms with Crippen molar-refractivity contribution in [1.29, 1.82) is 0 Å². The molecule has 0 bridgehead atoms. The third-order valence-electron chi connectivity index (χ3n) is 2.58. The van der Waals surface area contributed by atoms with E-state index in [1.54, 1.807) is 14.1 Å². The van der Waals surface area contributed by atoms with Gasteiger partial charge >= 0.3 is 0 Å². The molecule has 1 saturated carbocycles. The largest absolute Gasteiger partial charge is 0.487 e. The van der Waals surface area contributed by atoms with E-state index in [0.29, 0.717) is 0 Å². The number of nitrogens with zero attached hydrogens (tertiary/aromatic N) is 2. The molecule has 19 heavy (non-hydrogen) atoms. The van der Waals surface area contributed by atoms with Crippen LogP contribution in [0.15, 0.2) is 17.2 Å². The number of ether oxygens (including phenoxy) is 1. The van der Waals surface area contributed by atoms with E-state index in [1.165, 1.54) is 11.1 Å². The molecule has 2 N–H and O–H groups in total. The van der Waals surface area contributed by atoms with Crippen molar-refractivity contribution in [3.05, 3.63) is 18.0 Å². The van der Waals surface area contributed by atoms with Gasteiger partial charge in [-0.05, 0) is 18.9 Å². The summed E-state index contributed by atoms with van der Waals surface area (Å²) in [5.41, 5.74) is 0.0113. The molecule has 1 aromatic rings. The molecular weight excluding hydrogens is 270 g/mol. The predicted octanol–water partition coefficient (Wildman–Crippen LogP) is -0.0280. The molecule has 0 spiro atoms. The number of sulfonamides is 1. The van der Waals surface area contributed by atoms with Crippen molar-refractivity contribution in [3.8, 4) is 5.75 Å². The van der Waals surface area contributed by atoms with E-state index in [0.717, 1.165) is 18.9 Å². The van der Waals surface area contributed by atoms with Crippen molar-refractivity contribution < 1.29 is 17.9 Å². The topological polar surface area (TPSA) is 103 Å². The molecule has 8 heteroatoms. The minimum atomic E-state index is -3.97. The lowest BCUT2D eigenvalue weighted by molar-refractivity contribution is 0.0821. The molecule has 1 amide bonds. The lowest BCUT2D eigenvalue weighted by atomic mass is 10.3. The van der Waals surface area contributed by atoms with E-state index in [1.807, 2.05) is 0 Å². The fourth-order valence-corrected chi connectivity index (χ4v) is 2.10. The number of pyridine rings is 1. The molecule has 1 aliphatic rings. The third kappa shape index (κ3) is 3.21. The number of hydrogen-bond acceptors (Lipinski definition) is 5. The summed E-state index contributed by atoms with van der Waals surface area (Å²) >= 11 is 0. The van der Waals surface area contributed by atoms with Gasteiger partial charge in [-0.3, -0.25) is 4.79 Å². The maximum atomic E-state index is 11.8. The predicted molar refractivity (Wildman–Crippen MR) is 67.3 cm³/mol. The minimum absolute atomic E-state index is 0.0113. The second-order valence-corrected chi connectivity index (χ2v) is 6.11. The first-order valence-electron chi connectivity index (χ1n) is 5.70. The molecule has 0 aromatic carbocycles. The fraction of sp³-hybridized carbons (Fsp3) is 0.455. The van der Waals surface area contributed by atoms with Crippen molar-refractivity contribution in [2.24, 2.45) is 5.14 Å². The number of amides is 1. The number of hydrogen-bond donors (Lipinski definition) is 1. The van der Waals surface area contributed by atoms with Crippen LogP contribution in [0.3, 0.4) is 0 Å². The minimum Gasteiger partial charge on any atom is -0.487 e. The molecule has 1 aromatic heterocycles. The first-order chi connectivity index (χ1) is 8.79. The molecule has 0 aliphatic heterocycles. The zero-order valence-corrected chi connectivity index (χ0v) is 11.5. The number of nitrogens with two attached hydrogens (primary N) is 1. The summed E-state index contributed by atoms with van der Waals surface area (Å²) in [5, 5.41) is 5.14. The van der Waals surface area contributed by atoms with E-state index in [2.05, 4.69) is 4.98 Å². The standard InChI is InChI=1S/C11H15N3O4S/c1-14(2)11(15)8-5-10(19(12,16)17)9(6-13-8)18-7-3-4-7/h5-7H,3-4H2,1-2H3,(H2,12,16,17). The van der Waals surface area contributed by atoms with Gasteiger partial charge in [-0.2, -0.15) is 0 Å². The Morgan fingerprint density at radius 2 is 2.11 bits per heavy atom. The van der Waals surface area contributed by atoms with Crippen LogP contribution in [0.2, 0.25) is 0 Å². The molecule has 0 atom stereocenters. The summed E-state index contributed by atoms with van der Waals surface area (Å²) in [5.74, 6) is -0.303. The molecular formula is C11H15N3O4S. The number of rotatable bonds is 4. The summed E-state index contributed by atoms with van der Waals surface area (Å²) in [6, 6.07) is 1.15. The van der Waals surface area contributed by atoms with Crippen molar-refractivity contribution in [3.63, 3.8) is 0 Å². The first-order valence-corrected chi connectivity index (χ1v) is 7.25. The Labute approximate surface area is 111 Å². The zero-order valence-electron chi connectivity index (χ0n) is 10.7. The van der Waals surface area contributed by atoms with Gasteiger partial charge in [0.05, 0.1) is 12.3 Å². The second kappa shape index (κ2) is 4.78. The highest BCUT2D eigenvalue weighted by atomic mass is 32.2. The van der Waals surface area contributed by atoms with Gasteiger partial charge in [-0.1, -0.05) is 0 Å². The van der Waals surface area contributed by atoms with E-state index < -0.39 is 15.9 Å². The number of primary sulfonamides is 1. The van der Waals surface area contributed by atoms with Crippen LogP contribution >= 0.6 is 0 Å². The van der Waals surface area contributed by atoms with Crippen LogP contribution in [-0.4, -0.2) is 44.4 Å². The van der Waals surface area contributed by atoms with E-state index in [-0.39, 0.29) is 22.4 Å². The highest BCUT2D eigenvalue weighted by Crippen LogP contribution is 2.30. The summed E-state index contributed by atoms with van der Waals surface area (Å²) in [6.07, 6.45) is 3.00. The average Bonchev–Trinajstić information content (AvgIpc) is 3.11. The lowest BCUT2D eigenvalue weighted by Crippen LogP contribution is -2.24. The summed E-state index contributed by atoms with van der Waals surface area (Å²) < 4.78 is 28.5. The Bertz CT molecular complexity index is 608. The highest BCUT2D eigenvalue weighted by Gasteiger charge is 2.27. The summed E-state index contributed by atoms with van der Waals surface area (Å²) in [7, 11) is -0.867. The second-order valence-electron chi connectivity index (χ2n) is 4.58. The van der Waals surface area contributed by atoms with Crippen LogP contribution in [0, 0.1) is 0 Å². The van der Waals surface area contributed by atoms with Gasteiger partial charge in [-0.15, -0.1) is 0 Å². The first kappa shape index (κ1) is 13.8. The van der Waals surface area contributed by atoms with Crippen LogP contribution in [-0.2, 0) is 10.0 Å². The summed E-state index contributed by atoms with van der Waals surface area (Å²) in [6.45, 7) is 0. The molecule has 1 aliphatic carbocycles. The van der Waals surface area contributed by atoms with Gasteiger partial charge in [0.1, 0.15) is 10.6 Å². The quantitative estimate of drug-likeness (QED) is 0.837. The maximum absolute atomic E-state index is 11.8. The number of carbonyl (C=O) groups excluding carboxylic acids is 1. The van der Waals surface area contributed by atoms with E-state index in [4.69, 9.17) is 9.88 Å². The Balaban J connectivity index is 2.44. The Morgan fingerprint density at radius 1 is 1.47 bits per heavy atom. The molecule has 0 radical (unpaired) electrons. The van der Waals surface area contributed by atoms with Crippen molar-refractivity contribution in [2.45, 2.75) is 23.8 Å². The van der Waals surface area contributed by atoms with Gasteiger partial charge in [0.2, 0.25) is 10.0 Å². The molecule has 104 valence electrons. The molecule has 0 saturated heterocycles. The third-order valence-corrected chi connectivity index (χ3v) is 3.51. The Morgan fingerprint density at radius 3 is 2.58 bits per heavy atom. The van der Waals surface area contributed by atoms with Gasteiger partial charge in [-0.25, -0.2) is 18.5 Å². The van der Waals surface area contributed by atoms with Gasteiger partial charge in [0.25, 0.3) is 5.91 Å². The van der Waals surface area contributed by atoms with Gasteiger partial charge in [0, 0.05) is 14.1 Å². The average molecular weight is 285 g/mol. The van der Waals surface area contributed by atoms with E-state index >= 15 is 0 Å². The summed E-state index contributed by atoms with van der Waals surface area (Å²) in [4.78, 5) is 16.8. The fourth-order valence-electron chi connectivity index (χ4n) is 1.45. The number of carbonyl (C=O) groups is 1. The smallest absolute Gasteiger partial charge is 0.271 e. The van der Waals surface area contributed by atoms with Crippen molar-refractivity contribution >= 4 is 15.9 Å². The van der Waals surface area contributed by atoms with Crippen LogP contribution in [0.4, 0.5) is 0 Å². The van der Waals surface area contributed by atoms with Crippen LogP contribution in [0.25, 0.3) is 0 Å². The number of aromatic nitrogens is 1. The van der Waals surface area contributed by atoms with Crippen molar-refractivity contribution in [2.75, 3.05) is 14.1 Å². The molecule has 1 heterocycles.